The van der Waals surface area contributed by atoms with Crippen molar-refractivity contribution in [1.29, 1.82) is 0 Å². The lowest BCUT2D eigenvalue weighted by Crippen LogP contribution is -2.15. The number of anilines is 2. The SMILES string of the molecule is CC(C)Nc1nnc(SCC(=O)Nc2cc(C(F)(F)F)ccc2Cl)s1. The average Bonchev–Trinajstić information content (AvgIpc) is 2.93. The third kappa shape index (κ3) is 6.05. The van der Waals surface area contributed by atoms with Crippen LogP contribution in [0.2, 0.25) is 5.02 Å². The predicted octanol–water partition coefficient (Wildman–Crippen LogP) is 4.76. The number of carbonyl (C=O) groups excluding carboxylic acids is 1. The first kappa shape index (κ1) is 19.8. The molecule has 0 aliphatic rings. The van der Waals surface area contributed by atoms with E-state index in [1.54, 1.807) is 0 Å². The summed E-state index contributed by atoms with van der Waals surface area (Å²) in [6, 6.07) is 2.97. The lowest BCUT2D eigenvalue weighted by Gasteiger charge is -2.11. The Hall–Kier alpha value is -1.52. The first-order chi connectivity index (χ1) is 11.6. The lowest BCUT2D eigenvalue weighted by atomic mass is 10.2. The Morgan fingerprint density at radius 2 is 2.08 bits per heavy atom. The van der Waals surface area contributed by atoms with E-state index in [2.05, 4.69) is 20.8 Å². The number of hydrogen-bond acceptors (Lipinski definition) is 6. The van der Waals surface area contributed by atoms with Crippen molar-refractivity contribution in [2.24, 2.45) is 0 Å². The Labute approximate surface area is 155 Å². The number of amides is 1. The molecular formula is C14H14ClF3N4OS2. The molecule has 11 heteroatoms. The summed E-state index contributed by atoms with van der Waals surface area (Å²) in [4.78, 5) is 12.0. The second kappa shape index (κ2) is 8.24. The Kier molecular flexibility index (Phi) is 6.53. The molecule has 2 N–H and O–H groups in total. The number of benzene rings is 1. The Morgan fingerprint density at radius 1 is 1.36 bits per heavy atom. The number of nitrogens with zero attached hydrogens (tertiary/aromatic N) is 2. The van der Waals surface area contributed by atoms with Crippen LogP contribution in [0.15, 0.2) is 22.5 Å². The lowest BCUT2D eigenvalue weighted by molar-refractivity contribution is -0.137. The molecule has 0 aliphatic carbocycles. The quantitative estimate of drug-likeness (QED) is 0.672. The van der Waals surface area contributed by atoms with Crippen molar-refractivity contribution < 1.29 is 18.0 Å². The molecular weight excluding hydrogens is 397 g/mol. The van der Waals surface area contributed by atoms with Gasteiger partial charge in [-0.1, -0.05) is 34.7 Å². The van der Waals surface area contributed by atoms with Crippen molar-refractivity contribution in [3.05, 3.63) is 28.8 Å². The number of nitrogens with one attached hydrogen (secondary N) is 2. The van der Waals surface area contributed by atoms with E-state index in [1.807, 2.05) is 13.8 Å². The van der Waals surface area contributed by atoms with Crippen molar-refractivity contribution in [2.45, 2.75) is 30.4 Å². The van der Waals surface area contributed by atoms with Crippen LogP contribution >= 0.6 is 34.7 Å². The van der Waals surface area contributed by atoms with Crippen LogP contribution in [0.5, 0.6) is 0 Å². The maximum absolute atomic E-state index is 12.7. The van der Waals surface area contributed by atoms with Gasteiger partial charge in [0.05, 0.1) is 22.0 Å². The van der Waals surface area contributed by atoms with E-state index >= 15 is 0 Å². The van der Waals surface area contributed by atoms with Crippen LogP contribution in [-0.4, -0.2) is 27.9 Å². The van der Waals surface area contributed by atoms with Crippen LogP contribution in [0.1, 0.15) is 19.4 Å². The molecule has 0 unspecified atom stereocenters. The average molecular weight is 411 g/mol. The fourth-order valence-corrected chi connectivity index (χ4v) is 3.55. The largest absolute Gasteiger partial charge is 0.416 e. The summed E-state index contributed by atoms with van der Waals surface area (Å²) in [5.74, 6) is -0.511. The van der Waals surface area contributed by atoms with Crippen LogP contribution in [0.25, 0.3) is 0 Å². The first-order valence-electron chi connectivity index (χ1n) is 7.04. The maximum atomic E-state index is 12.7. The monoisotopic (exact) mass is 410 g/mol. The molecule has 2 rings (SSSR count). The zero-order valence-corrected chi connectivity index (χ0v) is 15.5. The molecule has 2 aromatic rings. The van der Waals surface area contributed by atoms with Gasteiger partial charge in [-0.15, -0.1) is 10.2 Å². The second-order valence-electron chi connectivity index (χ2n) is 5.20. The molecule has 25 heavy (non-hydrogen) atoms. The van der Waals surface area contributed by atoms with Crippen molar-refractivity contribution >= 4 is 51.4 Å². The molecule has 0 atom stereocenters. The van der Waals surface area contributed by atoms with E-state index in [9.17, 15) is 18.0 Å². The second-order valence-corrected chi connectivity index (χ2v) is 7.81. The molecule has 1 aromatic carbocycles. The van der Waals surface area contributed by atoms with Crippen LogP contribution in [-0.2, 0) is 11.0 Å². The molecule has 0 saturated carbocycles. The highest BCUT2D eigenvalue weighted by Gasteiger charge is 2.31. The smallest absolute Gasteiger partial charge is 0.358 e. The molecule has 0 bridgehead atoms. The first-order valence-corrected chi connectivity index (χ1v) is 9.22. The Morgan fingerprint density at radius 3 is 2.72 bits per heavy atom. The van der Waals surface area contributed by atoms with E-state index in [0.29, 0.717) is 9.47 Å². The number of hydrogen-bond donors (Lipinski definition) is 2. The minimum Gasteiger partial charge on any atom is -0.358 e. The Balaban J connectivity index is 1.95. The molecule has 0 aliphatic heterocycles. The summed E-state index contributed by atoms with van der Waals surface area (Å²) in [6.07, 6.45) is -4.51. The van der Waals surface area contributed by atoms with E-state index in [0.717, 1.165) is 30.0 Å². The standard InChI is InChI=1S/C14H14ClF3N4OS2/c1-7(2)19-12-21-22-13(25-12)24-6-11(23)20-10-5-8(14(16,17)18)3-4-9(10)15/h3-5,7H,6H2,1-2H3,(H,19,21)(H,20,23). The minimum absolute atomic E-state index is 0.0249. The van der Waals surface area contributed by atoms with Gasteiger partial charge >= 0.3 is 6.18 Å². The maximum Gasteiger partial charge on any atom is 0.416 e. The molecule has 1 heterocycles. The van der Waals surface area contributed by atoms with Gasteiger partial charge in [0.1, 0.15) is 0 Å². The van der Waals surface area contributed by atoms with Crippen LogP contribution < -0.4 is 10.6 Å². The number of alkyl halides is 3. The van der Waals surface area contributed by atoms with Gasteiger partial charge in [-0.3, -0.25) is 4.79 Å². The molecule has 0 radical (unpaired) electrons. The van der Waals surface area contributed by atoms with Gasteiger partial charge in [0.2, 0.25) is 11.0 Å². The summed E-state index contributed by atoms with van der Waals surface area (Å²) in [6.45, 7) is 3.92. The highest BCUT2D eigenvalue weighted by atomic mass is 35.5. The number of thioether (sulfide) groups is 1. The van der Waals surface area contributed by atoms with Gasteiger partial charge in [0.15, 0.2) is 4.34 Å². The normalized spacial score (nSPS) is 11.6. The number of carbonyl (C=O) groups is 1. The van der Waals surface area contributed by atoms with Crippen LogP contribution in [0, 0.1) is 0 Å². The van der Waals surface area contributed by atoms with Gasteiger partial charge in [0.25, 0.3) is 0 Å². The minimum atomic E-state index is -4.51. The summed E-state index contributed by atoms with van der Waals surface area (Å²) in [5.41, 5.74) is -0.963. The fraction of sp³-hybridized carbons (Fsp3) is 0.357. The molecule has 1 aromatic heterocycles. The molecule has 5 nitrogen and oxygen atoms in total. The van der Waals surface area contributed by atoms with Crippen molar-refractivity contribution in [1.82, 2.24) is 10.2 Å². The topological polar surface area (TPSA) is 66.9 Å². The number of halogens is 4. The summed E-state index contributed by atoms with van der Waals surface area (Å²) < 4.78 is 38.7. The molecule has 1 amide bonds. The fourth-order valence-electron chi connectivity index (χ4n) is 1.68. The van der Waals surface area contributed by atoms with E-state index < -0.39 is 17.6 Å². The molecule has 0 saturated heterocycles. The van der Waals surface area contributed by atoms with Crippen LogP contribution in [0.4, 0.5) is 24.0 Å². The van der Waals surface area contributed by atoms with Gasteiger partial charge in [-0.05, 0) is 32.0 Å². The molecule has 0 spiro atoms. The van der Waals surface area contributed by atoms with Crippen molar-refractivity contribution in [2.75, 3.05) is 16.4 Å². The molecule has 136 valence electrons. The number of aromatic nitrogens is 2. The zero-order valence-electron chi connectivity index (χ0n) is 13.1. The van der Waals surface area contributed by atoms with E-state index in [4.69, 9.17) is 11.6 Å². The van der Waals surface area contributed by atoms with E-state index in [1.165, 1.54) is 11.3 Å². The third-order valence-electron chi connectivity index (χ3n) is 2.71. The van der Waals surface area contributed by atoms with Gasteiger partial charge in [0, 0.05) is 6.04 Å². The summed E-state index contributed by atoms with van der Waals surface area (Å²) in [5, 5.41) is 14.0. The van der Waals surface area contributed by atoms with Gasteiger partial charge in [-0.2, -0.15) is 13.2 Å². The van der Waals surface area contributed by atoms with Crippen molar-refractivity contribution in [3.8, 4) is 0 Å². The third-order valence-corrected chi connectivity index (χ3v) is 5.03. The van der Waals surface area contributed by atoms with Crippen LogP contribution in [0.3, 0.4) is 0 Å². The zero-order chi connectivity index (χ0) is 18.6. The van der Waals surface area contributed by atoms with E-state index in [-0.39, 0.29) is 22.5 Å². The summed E-state index contributed by atoms with van der Waals surface area (Å²) in [7, 11) is 0. The summed E-state index contributed by atoms with van der Waals surface area (Å²) >= 11 is 8.27. The Bertz CT molecular complexity index is 752. The van der Waals surface area contributed by atoms with Gasteiger partial charge in [-0.25, -0.2) is 0 Å². The number of rotatable bonds is 6. The molecule has 0 fully saturated rings. The predicted molar refractivity (Wildman–Crippen MR) is 94.5 cm³/mol. The van der Waals surface area contributed by atoms with Gasteiger partial charge < -0.3 is 10.6 Å². The van der Waals surface area contributed by atoms with Crippen molar-refractivity contribution in [3.63, 3.8) is 0 Å². The highest BCUT2D eigenvalue weighted by molar-refractivity contribution is 8.01. The highest BCUT2D eigenvalue weighted by Crippen LogP contribution is 2.34.